The summed E-state index contributed by atoms with van der Waals surface area (Å²) in [6, 6.07) is 7.07. The van der Waals surface area contributed by atoms with Gasteiger partial charge in [-0.05, 0) is 29.2 Å². The number of benzene rings is 1. The van der Waals surface area contributed by atoms with Gasteiger partial charge in [-0.1, -0.05) is 19.9 Å². The van der Waals surface area contributed by atoms with E-state index in [4.69, 9.17) is 12.8 Å². The fourth-order valence-electron chi connectivity index (χ4n) is 2.95. The zero-order chi connectivity index (χ0) is 18.0. The molecule has 2 heterocycles. The number of amidine groups is 1. The molecule has 1 unspecified atom stereocenters. The number of aromatic nitrogens is 1. The van der Waals surface area contributed by atoms with Gasteiger partial charge in [0.05, 0.1) is 12.1 Å². The van der Waals surface area contributed by atoms with Crippen LogP contribution in [0.1, 0.15) is 36.5 Å². The lowest BCUT2D eigenvalue weighted by atomic mass is 9.98. The standard InChI is InChI=1S/C18H22N4O2S/c1-12(2)14-8-15(17(24)9-16(14)23)18-21-20-11-22(18,25)7-5-13-4-3-6-19-10-13/h3-4,6,8-10,12,20,23-24H,5,7,11H2,1-2H3. The van der Waals surface area contributed by atoms with Crippen molar-refractivity contribution < 1.29 is 14.1 Å². The molecule has 0 saturated heterocycles. The maximum absolute atomic E-state index is 10.3. The number of phenols is 2. The Morgan fingerprint density at radius 2 is 2.08 bits per heavy atom. The zero-order valence-corrected chi connectivity index (χ0v) is 15.1. The lowest BCUT2D eigenvalue weighted by Gasteiger charge is -2.39. The summed E-state index contributed by atoms with van der Waals surface area (Å²) in [6.07, 6.45) is 4.33. The first-order chi connectivity index (χ1) is 11.9. The third kappa shape index (κ3) is 3.57. The molecule has 6 nitrogen and oxygen atoms in total. The number of hydrogen-bond donors (Lipinski definition) is 3. The van der Waals surface area contributed by atoms with Crippen LogP contribution in [0.15, 0.2) is 41.8 Å². The highest BCUT2D eigenvalue weighted by Crippen LogP contribution is 2.34. The van der Waals surface area contributed by atoms with Gasteiger partial charge in [0.2, 0.25) is 5.84 Å². The van der Waals surface area contributed by atoms with E-state index in [9.17, 15) is 10.2 Å². The molecule has 1 aliphatic heterocycles. The average molecular weight is 358 g/mol. The maximum atomic E-state index is 10.3. The van der Waals surface area contributed by atoms with Crippen molar-refractivity contribution in [3.8, 4) is 11.5 Å². The monoisotopic (exact) mass is 358 g/mol. The summed E-state index contributed by atoms with van der Waals surface area (Å²) in [5, 5.41) is 24.7. The first kappa shape index (κ1) is 17.6. The van der Waals surface area contributed by atoms with Crippen molar-refractivity contribution in [2.24, 2.45) is 5.10 Å². The van der Waals surface area contributed by atoms with Crippen LogP contribution in [0, 0.1) is 0 Å². The Kier molecular flexibility index (Phi) is 4.87. The molecule has 0 spiro atoms. The average Bonchev–Trinajstić information content (AvgIpc) is 2.96. The Balaban J connectivity index is 1.89. The van der Waals surface area contributed by atoms with Gasteiger partial charge >= 0.3 is 0 Å². The second kappa shape index (κ2) is 6.93. The summed E-state index contributed by atoms with van der Waals surface area (Å²) in [5.74, 6) is 0.786. The molecule has 1 aromatic carbocycles. The molecule has 132 valence electrons. The van der Waals surface area contributed by atoms with Gasteiger partial charge in [-0.2, -0.15) is 0 Å². The number of pyridine rings is 1. The van der Waals surface area contributed by atoms with E-state index in [1.165, 1.54) is 6.07 Å². The van der Waals surface area contributed by atoms with Crippen LogP contribution in [-0.2, 0) is 19.2 Å². The normalized spacial score (nSPS) is 19.8. The third-order valence-corrected chi connectivity index (χ3v) is 4.87. The van der Waals surface area contributed by atoms with Crippen LogP contribution < -0.4 is 5.43 Å². The number of quaternary nitrogens is 1. The van der Waals surface area contributed by atoms with E-state index in [0.29, 0.717) is 24.6 Å². The first-order valence-corrected chi connectivity index (χ1v) is 8.61. The number of phenolic OH excluding ortho intramolecular Hbond substituents is 2. The highest BCUT2D eigenvalue weighted by molar-refractivity contribution is 7.52. The minimum Gasteiger partial charge on any atom is -0.508 e. The smallest absolute Gasteiger partial charge is 0.239 e. The van der Waals surface area contributed by atoms with Crippen molar-refractivity contribution in [3.63, 3.8) is 0 Å². The van der Waals surface area contributed by atoms with Gasteiger partial charge in [-0.3, -0.25) is 10.4 Å². The lowest BCUT2D eigenvalue weighted by Crippen LogP contribution is -2.48. The SMILES string of the molecule is CC(C)c1cc(C2=NNC[N+]2([S-])CCc2cccnc2)c(O)cc1O. The number of rotatable bonds is 5. The quantitative estimate of drug-likeness (QED) is 0.565. The molecule has 0 aliphatic carbocycles. The Morgan fingerprint density at radius 3 is 2.76 bits per heavy atom. The second-order valence-electron chi connectivity index (χ2n) is 6.56. The molecular formula is C18H22N4O2S. The molecule has 1 atom stereocenters. The number of aromatic hydroxyl groups is 2. The number of hydrazone groups is 1. The van der Waals surface area contributed by atoms with E-state index in [1.54, 1.807) is 12.3 Å². The van der Waals surface area contributed by atoms with Crippen LogP contribution in [0.3, 0.4) is 0 Å². The molecule has 0 bridgehead atoms. The minimum absolute atomic E-state index is 0.0157. The Labute approximate surface area is 153 Å². The summed E-state index contributed by atoms with van der Waals surface area (Å²) in [6.45, 7) is 5.10. The van der Waals surface area contributed by atoms with E-state index in [0.717, 1.165) is 17.5 Å². The van der Waals surface area contributed by atoms with E-state index in [2.05, 4.69) is 15.5 Å². The van der Waals surface area contributed by atoms with Crippen molar-refractivity contribution in [1.29, 1.82) is 0 Å². The highest BCUT2D eigenvalue weighted by Gasteiger charge is 2.32. The van der Waals surface area contributed by atoms with Gasteiger partial charge in [-0.15, -0.1) is 5.10 Å². The topological polar surface area (TPSA) is 77.7 Å². The lowest BCUT2D eigenvalue weighted by molar-refractivity contribution is -0.692. The van der Waals surface area contributed by atoms with Crippen LogP contribution in [-0.4, -0.2) is 38.1 Å². The predicted octanol–water partition coefficient (Wildman–Crippen LogP) is 2.36. The summed E-state index contributed by atoms with van der Waals surface area (Å²) in [4.78, 5) is 4.13. The number of nitrogens with zero attached hydrogens (tertiary/aromatic N) is 3. The van der Waals surface area contributed by atoms with Crippen LogP contribution in [0.25, 0.3) is 0 Å². The molecule has 7 heteroatoms. The highest BCUT2D eigenvalue weighted by atomic mass is 32.1. The molecule has 0 fully saturated rings. The van der Waals surface area contributed by atoms with Crippen LogP contribution in [0.4, 0.5) is 0 Å². The van der Waals surface area contributed by atoms with Crippen molar-refractivity contribution in [2.45, 2.75) is 26.2 Å². The van der Waals surface area contributed by atoms with E-state index in [1.807, 2.05) is 32.2 Å². The molecule has 1 aromatic heterocycles. The minimum atomic E-state index is -0.0157. The first-order valence-electron chi connectivity index (χ1n) is 8.25. The largest absolute Gasteiger partial charge is 0.508 e. The van der Waals surface area contributed by atoms with Crippen molar-refractivity contribution >= 4 is 18.7 Å². The van der Waals surface area contributed by atoms with E-state index in [-0.39, 0.29) is 21.3 Å². The maximum Gasteiger partial charge on any atom is 0.239 e. The van der Waals surface area contributed by atoms with E-state index < -0.39 is 0 Å². The number of hydrogen-bond acceptors (Lipinski definition) is 6. The van der Waals surface area contributed by atoms with Gasteiger partial charge in [0.15, 0.2) is 6.67 Å². The van der Waals surface area contributed by atoms with E-state index >= 15 is 0 Å². The van der Waals surface area contributed by atoms with Crippen molar-refractivity contribution in [1.82, 2.24) is 10.4 Å². The molecule has 1 aliphatic rings. The molecular weight excluding hydrogens is 336 g/mol. The van der Waals surface area contributed by atoms with Crippen molar-refractivity contribution in [3.05, 3.63) is 53.3 Å². The summed E-state index contributed by atoms with van der Waals surface area (Å²) in [7, 11) is 0. The van der Waals surface area contributed by atoms with Crippen LogP contribution >= 0.6 is 0 Å². The van der Waals surface area contributed by atoms with Gasteiger partial charge in [0, 0.05) is 24.9 Å². The third-order valence-electron chi connectivity index (χ3n) is 4.39. The summed E-state index contributed by atoms with van der Waals surface area (Å²) < 4.78 is 0.144. The zero-order valence-electron chi connectivity index (χ0n) is 14.3. The summed E-state index contributed by atoms with van der Waals surface area (Å²) >= 11 is 5.82. The van der Waals surface area contributed by atoms with Gasteiger partial charge in [0.25, 0.3) is 0 Å². The molecule has 3 rings (SSSR count). The fourth-order valence-corrected chi connectivity index (χ4v) is 3.23. The molecule has 3 N–H and O–H groups in total. The predicted molar refractivity (Wildman–Crippen MR) is 98.8 cm³/mol. The van der Waals surface area contributed by atoms with Gasteiger partial charge in [0.1, 0.15) is 11.5 Å². The molecule has 0 amide bonds. The Hall–Kier alpha value is -2.25. The molecule has 0 saturated carbocycles. The molecule has 25 heavy (non-hydrogen) atoms. The molecule has 0 radical (unpaired) electrons. The number of nitrogens with one attached hydrogen (secondary N) is 1. The van der Waals surface area contributed by atoms with Gasteiger partial charge < -0.3 is 26.9 Å². The fraction of sp³-hybridized carbons (Fsp3) is 0.333. The van der Waals surface area contributed by atoms with Crippen molar-refractivity contribution in [2.75, 3.05) is 13.2 Å². The van der Waals surface area contributed by atoms with Gasteiger partial charge in [-0.25, -0.2) is 0 Å². The van der Waals surface area contributed by atoms with Crippen LogP contribution in [0.2, 0.25) is 0 Å². The Morgan fingerprint density at radius 1 is 1.28 bits per heavy atom. The summed E-state index contributed by atoms with van der Waals surface area (Å²) in [5.41, 5.74) is 5.38. The Bertz CT molecular complexity index is 795. The second-order valence-corrected chi connectivity index (χ2v) is 7.26. The molecule has 2 aromatic rings. The van der Waals surface area contributed by atoms with Crippen LogP contribution in [0.5, 0.6) is 11.5 Å².